The highest BCUT2D eigenvalue weighted by atomic mass is 16.5. The van der Waals surface area contributed by atoms with Crippen molar-refractivity contribution in [3.8, 4) is 5.75 Å². The molecule has 2 N–H and O–H groups in total. The number of nitrogens with one attached hydrogen (secondary N) is 2. The molecule has 0 aliphatic rings. The molecule has 0 bridgehead atoms. The molecule has 0 fully saturated rings. The molecular formula is C18H22N4O. The summed E-state index contributed by atoms with van der Waals surface area (Å²) >= 11 is 0. The van der Waals surface area contributed by atoms with Gasteiger partial charge in [0.2, 0.25) is 0 Å². The fourth-order valence-corrected chi connectivity index (χ4v) is 2.53. The quantitative estimate of drug-likeness (QED) is 0.734. The van der Waals surface area contributed by atoms with Gasteiger partial charge in [0.25, 0.3) is 0 Å². The van der Waals surface area contributed by atoms with E-state index >= 15 is 0 Å². The summed E-state index contributed by atoms with van der Waals surface area (Å²) in [6, 6.07) is 7.99. The summed E-state index contributed by atoms with van der Waals surface area (Å²) in [5, 5.41) is 3.38. The number of hydrogen-bond acceptors (Lipinski definition) is 4. The molecule has 0 aliphatic carbocycles. The Bertz CT molecular complexity index is 782. The van der Waals surface area contributed by atoms with E-state index in [0.717, 1.165) is 29.2 Å². The van der Waals surface area contributed by atoms with Crippen LogP contribution in [0.1, 0.15) is 23.9 Å². The van der Waals surface area contributed by atoms with E-state index in [1.807, 2.05) is 19.1 Å². The van der Waals surface area contributed by atoms with Gasteiger partial charge in [0.1, 0.15) is 17.7 Å². The van der Waals surface area contributed by atoms with Crippen LogP contribution >= 0.6 is 0 Å². The molecule has 0 saturated heterocycles. The lowest BCUT2D eigenvalue weighted by Gasteiger charge is -2.14. The molecule has 23 heavy (non-hydrogen) atoms. The first-order valence-electron chi connectivity index (χ1n) is 7.85. The molecule has 120 valence electrons. The summed E-state index contributed by atoms with van der Waals surface area (Å²) in [6.45, 7) is 7.68. The van der Waals surface area contributed by atoms with Crippen molar-refractivity contribution in [2.24, 2.45) is 0 Å². The Morgan fingerprint density at radius 1 is 1.26 bits per heavy atom. The highest BCUT2D eigenvalue weighted by Gasteiger charge is 2.08. The van der Waals surface area contributed by atoms with Gasteiger partial charge in [-0.15, -0.1) is 0 Å². The number of benzene rings is 1. The molecule has 1 aromatic carbocycles. The van der Waals surface area contributed by atoms with Gasteiger partial charge in [0.15, 0.2) is 0 Å². The lowest BCUT2D eigenvalue weighted by molar-refractivity contribution is 0.215. The SMILES string of the molecule is Cc1ccc2[nH]c(CNCC(C)Oc3cccnc3)nc2c1C. The van der Waals surface area contributed by atoms with Crippen LogP contribution < -0.4 is 10.1 Å². The number of aromatic amines is 1. The minimum absolute atomic E-state index is 0.0626. The zero-order chi connectivity index (χ0) is 16.2. The molecule has 3 aromatic rings. The standard InChI is InChI=1S/C18H22N4O/c1-12-6-7-16-18(14(12)3)22-17(21-16)11-20-9-13(2)23-15-5-4-8-19-10-15/h4-8,10,13,20H,9,11H2,1-3H3,(H,21,22). The van der Waals surface area contributed by atoms with E-state index in [-0.39, 0.29) is 6.10 Å². The third-order valence-corrected chi connectivity index (χ3v) is 3.92. The highest BCUT2D eigenvalue weighted by Crippen LogP contribution is 2.19. The Labute approximate surface area is 136 Å². The molecule has 0 radical (unpaired) electrons. The van der Waals surface area contributed by atoms with Crippen LogP contribution in [0.25, 0.3) is 11.0 Å². The monoisotopic (exact) mass is 310 g/mol. The molecule has 2 heterocycles. The molecule has 2 aromatic heterocycles. The Morgan fingerprint density at radius 2 is 2.13 bits per heavy atom. The number of hydrogen-bond donors (Lipinski definition) is 2. The third-order valence-electron chi connectivity index (χ3n) is 3.92. The number of nitrogens with zero attached hydrogens (tertiary/aromatic N) is 2. The number of ether oxygens (including phenoxy) is 1. The van der Waals surface area contributed by atoms with Crippen LogP contribution in [0.4, 0.5) is 0 Å². The largest absolute Gasteiger partial charge is 0.488 e. The zero-order valence-electron chi connectivity index (χ0n) is 13.8. The van der Waals surface area contributed by atoms with Crippen molar-refractivity contribution in [1.82, 2.24) is 20.3 Å². The van der Waals surface area contributed by atoms with Crippen LogP contribution in [-0.2, 0) is 6.54 Å². The zero-order valence-corrected chi connectivity index (χ0v) is 13.8. The summed E-state index contributed by atoms with van der Waals surface area (Å²) in [6.07, 6.45) is 3.52. The Balaban J connectivity index is 1.55. The summed E-state index contributed by atoms with van der Waals surface area (Å²) in [4.78, 5) is 12.1. The minimum atomic E-state index is 0.0626. The number of fused-ring (bicyclic) bond motifs is 1. The first kappa shape index (κ1) is 15.5. The number of aryl methyl sites for hydroxylation is 2. The summed E-state index contributed by atoms with van der Waals surface area (Å²) in [7, 11) is 0. The van der Waals surface area contributed by atoms with Crippen LogP contribution in [-0.4, -0.2) is 27.6 Å². The predicted octanol–water partition coefficient (Wildman–Crippen LogP) is 3.13. The molecule has 1 unspecified atom stereocenters. The van der Waals surface area contributed by atoms with Crippen LogP contribution in [0.15, 0.2) is 36.7 Å². The minimum Gasteiger partial charge on any atom is -0.488 e. The van der Waals surface area contributed by atoms with Crippen molar-refractivity contribution in [2.45, 2.75) is 33.4 Å². The van der Waals surface area contributed by atoms with Crippen molar-refractivity contribution in [3.63, 3.8) is 0 Å². The fourth-order valence-electron chi connectivity index (χ4n) is 2.53. The predicted molar refractivity (Wildman–Crippen MR) is 91.6 cm³/mol. The lowest BCUT2D eigenvalue weighted by atomic mass is 10.1. The smallest absolute Gasteiger partial charge is 0.138 e. The molecule has 0 spiro atoms. The van der Waals surface area contributed by atoms with E-state index in [2.05, 4.69) is 46.2 Å². The van der Waals surface area contributed by atoms with Crippen LogP contribution in [0.3, 0.4) is 0 Å². The highest BCUT2D eigenvalue weighted by molar-refractivity contribution is 5.79. The molecule has 0 aliphatic heterocycles. The van der Waals surface area contributed by atoms with Gasteiger partial charge in [-0.05, 0) is 50.1 Å². The maximum atomic E-state index is 5.79. The van der Waals surface area contributed by atoms with E-state index < -0.39 is 0 Å². The van der Waals surface area contributed by atoms with E-state index in [1.54, 1.807) is 12.4 Å². The lowest BCUT2D eigenvalue weighted by Crippen LogP contribution is -2.28. The number of imidazole rings is 1. The summed E-state index contributed by atoms with van der Waals surface area (Å²) in [5.41, 5.74) is 4.64. The molecule has 5 nitrogen and oxygen atoms in total. The Morgan fingerprint density at radius 3 is 2.91 bits per heavy atom. The summed E-state index contributed by atoms with van der Waals surface area (Å²) < 4.78 is 5.79. The van der Waals surface area contributed by atoms with E-state index in [1.165, 1.54) is 11.1 Å². The molecule has 5 heteroatoms. The van der Waals surface area contributed by atoms with Crippen molar-refractivity contribution in [1.29, 1.82) is 0 Å². The molecule has 1 atom stereocenters. The van der Waals surface area contributed by atoms with Gasteiger partial charge in [-0.3, -0.25) is 4.98 Å². The van der Waals surface area contributed by atoms with E-state index in [0.29, 0.717) is 6.54 Å². The number of pyridine rings is 1. The van der Waals surface area contributed by atoms with Crippen molar-refractivity contribution in [3.05, 3.63) is 53.6 Å². The van der Waals surface area contributed by atoms with Gasteiger partial charge in [0.05, 0.1) is 23.8 Å². The van der Waals surface area contributed by atoms with Crippen LogP contribution in [0.2, 0.25) is 0 Å². The Kier molecular flexibility index (Phi) is 4.57. The van der Waals surface area contributed by atoms with Gasteiger partial charge >= 0.3 is 0 Å². The van der Waals surface area contributed by atoms with Gasteiger partial charge in [-0.1, -0.05) is 6.07 Å². The number of aromatic nitrogens is 3. The second-order valence-corrected chi connectivity index (χ2v) is 5.84. The number of H-pyrrole nitrogens is 1. The first-order valence-corrected chi connectivity index (χ1v) is 7.85. The average molecular weight is 310 g/mol. The van der Waals surface area contributed by atoms with Gasteiger partial charge in [0, 0.05) is 12.7 Å². The van der Waals surface area contributed by atoms with Crippen LogP contribution in [0.5, 0.6) is 5.75 Å². The van der Waals surface area contributed by atoms with Crippen molar-refractivity contribution >= 4 is 11.0 Å². The maximum absolute atomic E-state index is 5.79. The molecule has 3 rings (SSSR count). The van der Waals surface area contributed by atoms with E-state index in [4.69, 9.17) is 4.74 Å². The van der Waals surface area contributed by atoms with Gasteiger partial charge < -0.3 is 15.0 Å². The van der Waals surface area contributed by atoms with Gasteiger partial charge in [-0.25, -0.2) is 4.98 Å². The number of rotatable bonds is 6. The second-order valence-electron chi connectivity index (χ2n) is 5.84. The van der Waals surface area contributed by atoms with Gasteiger partial charge in [-0.2, -0.15) is 0 Å². The Hall–Kier alpha value is -2.40. The second kappa shape index (κ2) is 6.79. The van der Waals surface area contributed by atoms with Crippen molar-refractivity contribution < 1.29 is 4.74 Å². The third kappa shape index (κ3) is 3.68. The maximum Gasteiger partial charge on any atom is 0.138 e. The first-order chi connectivity index (χ1) is 11.1. The molecular weight excluding hydrogens is 288 g/mol. The normalized spacial score (nSPS) is 12.5. The fraction of sp³-hybridized carbons (Fsp3) is 0.333. The van der Waals surface area contributed by atoms with Crippen LogP contribution in [0, 0.1) is 13.8 Å². The average Bonchev–Trinajstić information content (AvgIpc) is 2.96. The topological polar surface area (TPSA) is 62.8 Å². The molecule has 0 saturated carbocycles. The summed E-state index contributed by atoms with van der Waals surface area (Å²) in [5.74, 6) is 1.74. The van der Waals surface area contributed by atoms with E-state index in [9.17, 15) is 0 Å². The van der Waals surface area contributed by atoms with Crippen molar-refractivity contribution in [2.75, 3.05) is 6.54 Å². The molecule has 0 amide bonds.